The van der Waals surface area contributed by atoms with Gasteiger partial charge < -0.3 is 16.2 Å². The van der Waals surface area contributed by atoms with Gasteiger partial charge in [0.25, 0.3) is 5.91 Å². The number of phenols is 1. The van der Waals surface area contributed by atoms with Crippen molar-refractivity contribution in [2.24, 2.45) is 0 Å². The molecule has 2 aromatic rings. The summed E-state index contributed by atoms with van der Waals surface area (Å²) in [5.41, 5.74) is 7.00. The van der Waals surface area contributed by atoms with E-state index < -0.39 is 17.5 Å². The number of carbonyl (C=O) groups excluding carboxylic acids is 1. The van der Waals surface area contributed by atoms with Crippen molar-refractivity contribution in [2.75, 3.05) is 11.1 Å². The van der Waals surface area contributed by atoms with E-state index in [1.807, 2.05) is 0 Å². The van der Waals surface area contributed by atoms with Gasteiger partial charge in [-0.25, -0.2) is 4.39 Å². The van der Waals surface area contributed by atoms with Crippen LogP contribution in [-0.2, 0) is 0 Å². The fraction of sp³-hybridized carbons (Fsp3) is 0.0714. The smallest absolute Gasteiger partial charge is 0.262 e. The van der Waals surface area contributed by atoms with E-state index in [2.05, 4.69) is 5.32 Å². The van der Waals surface area contributed by atoms with Crippen molar-refractivity contribution in [1.82, 2.24) is 0 Å². The van der Waals surface area contributed by atoms with Crippen LogP contribution in [0, 0.1) is 12.7 Å². The zero-order chi connectivity index (χ0) is 14.0. The number of carbonyl (C=O) groups is 1. The van der Waals surface area contributed by atoms with E-state index in [9.17, 15) is 14.3 Å². The topological polar surface area (TPSA) is 75.3 Å². The molecule has 0 unspecified atom stereocenters. The van der Waals surface area contributed by atoms with E-state index in [-0.39, 0.29) is 5.56 Å². The Hall–Kier alpha value is -2.56. The maximum atomic E-state index is 13.5. The molecular weight excluding hydrogens is 247 g/mol. The van der Waals surface area contributed by atoms with Gasteiger partial charge in [0, 0.05) is 11.4 Å². The summed E-state index contributed by atoms with van der Waals surface area (Å²) in [4.78, 5) is 12.0. The minimum absolute atomic E-state index is 0.385. The fourth-order valence-electron chi connectivity index (χ4n) is 1.70. The average Bonchev–Trinajstić information content (AvgIpc) is 2.33. The number of amides is 1. The Bertz CT molecular complexity index is 621. The number of nitrogens with two attached hydrogens (primary N) is 1. The van der Waals surface area contributed by atoms with Crippen molar-refractivity contribution < 1.29 is 14.3 Å². The number of aromatic hydroxyl groups is 1. The zero-order valence-corrected chi connectivity index (χ0v) is 10.3. The van der Waals surface area contributed by atoms with Crippen molar-refractivity contribution in [1.29, 1.82) is 0 Å². The monoisotopic (exact) mass is 260 g/mol. The average molecular weight is 260 g/mol. The van der Waals surface area contributed by atoms with Gasteiger partial charge in [-0.3, -0.25) is 4.79 Å². The van der Waals surface area contributed by atoms with Crippen LogP contribution >= 0.6 is 0 Å². The van der Waals surface area contributed by atoms with Crippen LogP contribution in [0.5, 0.6) is 5.75 Å². The second-order valence-electron chi connectivity index (χ2n) is 4.16. The van der Waals surface area contributed by atoms with E-state index in [4.69, 9.17) is 5.73 Å². The first-order valence-electron chi connectivity index (χ1n) is 5.64. The molecule has 4 N–H and O–H groups in total. The van der Waals surface area contributed by atoms with Crippen molar-refractivity contribution in [3.8, 4) is 5.75 Å². The Morgan fingerprint density at radius 1 is 1.32 bits per heavy atom. The molecule has 2 aromatic carbocycles. The Balaban J connectivity index is 2.34. The van der Waals surface area contributed by atoms with Crippen LogP contribution in [0.25, 0.3) is 0 Å². The first kappa shape index (κ1) is 12.9. The van der Waals surface area contributed by atoms with Gasteiger partial charge in [0.05, 0.1) is 0 Å². The van der Waals surface area contributed by atoms with Gasteiger partial charge in [0.2, 0.25) is 0 Å². The van der Waals surface area contributed by atoms with Crippen LogP contribution in [0.4, 0.5) is 15.8 Å². The molecule has 0 fully saturated rings. The summed E-state index contributed by atoms with van der Waals surface area (Å²) >= 11 is 0. The van der Waals surface area contributed by atoms with Gasteiger partial charge in [0.15, 0.2) is 0 Å². The van der Waals surface area contributed by atoms with Gasteiger partial charge in [0.1, 0.15) is 17.1 Å². The van der Waals surface area contributed by atoms with Crippen LogP contribution in [-0.4, -0.2) is 11.0 Å². The van der Waals surface area contributed by atoms with Gasteiger partial charge >= 0.3 is 0 Å². The van der Waals surface area contributed by atoms with E-state index in [1.54, 1.807) is 25.1 Å². The third-order valence-corrected chi connectivity index (χ3v) is 2.73. The molecule has 19 heavy (non-hydrogen) atoms. The van der Waals surface area contributed by atoms with Crippen LogP contribution in [0.3, 0.4) is 0 Å². The number of hydrogen-bond acceptors (Lipinski definition) is 3. The third kappa shape index (κ3) is 2.65. The molecule has 0 atom stereocenters. The molecular formula is C14H13FN2O2. The van der Waals surface area contributed by atoms with Gasteiger partial charge in [-0.1, -0.05) is 12.1 Å². The Morgan fingerprint density at radius 3 is 2.74 bits per heavy atom. The predicted octanol–water partition coefficient (Wildman–Crippen LogP) is 2.67. The van der Waals surface area contributed by atoms with Gasteiger partial charge in [-0.15, -0.1) is 0 Å². The second-order valence-corrected chi connectivity index (χ2v) is 4.16. The molecule has 0 heterocycles. The molecule has 0 saturated heterocycles. The summed E-state index contributed by atoms with van der Waals surface area (Å²) in [5.74, 6) is -1.90. The number of nitrogen functional groups attached to an aromatic ring is 1. The molecule has 4 nitrogen and oxygen atoms in total. The third-order valence-electron chi connectivity index (χ3n) is 2.73. The number of halogens is 1. The highest BCUT2D eigenvalue weighted by molar-refractivity contribution is 6.06. The first-order valence-corrected chi connectivity index (χ1v) is 5.64. The Labute approximate surface area is 109 Å². The molecule has 0 aliphatic heterocycles. The number of hydrogen-bond donors (Lipinski definition) is 3. The molecule has 0 aliphatic carbocycles. The van der Waals surface area contributed by atoms with Crippen molar-refractivity contribution in [3.05, 3.63) is 53.3 Å². The Morgan fingerprint density at radius 2 is 2.05 bits per heavy atom. The van der Waals surface area contributed by atoms with Crippen LogP contribution in [0.1, 0.15) is 15.9 Å². The van der Waals surface area contributed by atoms with E-state index in [0.29, 0.717) is 11.4 Å². The molecule has 2 rings (SSSR count). The molecule has 0 spiro atoms. The van der Waals surface area contributed by atoms with Crippen LogP contribution in [0.2, 0.25) is 0 Å². The maximum Gasteiger partial charge on any atom is 0.262 e. The predicted molar refractivity (Wildman–Crippen MR) is 71.6 cm³/mol. The second kappa shape index (κ2) is 4.97. The van der Waals surface area contributed by atoms with E-state index >= 15 is 0 Å². The zero-order valence-electron chi connectivity index (χ0n) is 10.3. The number of anilines is 2. The molecule has 98 valence electrons. The number of phenolic OH excluding ortho intramolecular Hbond substituents is 1. The highest BCUT2D eigenvalue weighted by atomic mass is 19.1. The summed E-state index contributed by atoms with van der Waals surface area (Å²) in [6, 6.07) is 8.71. The SMILES string of the molecule is Cc1ccc(N)cc1NC(=O)c1c(O)cccc1F. The highest BCUT2D eigenvalue weighted by Gasteiger charge is 2.17. The lowest BCUT2D eigenvalue weighted by Crippen LogP contribution is -2.15. The van der Waals surface area contributed by atoms with Gasteiger partial charge in [-0.2, -0.15) is 0 Å². The first-order chi connectivity index (χ1) is 8.99. The summed E-state index contributed by atoms with van der Waals surface area (Å²) in [6.07, 6.45) is 0. The Kier molecular flexibility index (Phi) is 3.37. The lowest BCUT2D eigenvalue weighted by molar-refractivity contribution is 0.102. The number of aryl methyl sites for hydroxylation is 1. The van der Waals surface area contributed by atoms with E-state index in [0.717, 1.165) is 11.6 Å². The van der Waals surface area contributed by atoms with Crippen LogP contribution < -0.4 is 11.1 Å². The molecule has 0 aliphatic rings. The summed E-state index contributed by atoms with van der Waals surface area (Å²) < 4.78 is 13.5. The summed E-state index contributed by atoms with van der Waals surface area (Å²) in [5, 5.41) is 12.1. The molecule has 0 radical (unpaired) electrons. The minimum Gasteiger partial charge on any atom is -0.507 e. The maximum absolute atomic E-state index is 13.5. The number of nitrogens with one attached hydrogen (secondary N) is 1. The molecule has 0 bridgehead atoms. The molecule has 0 saturated carbocycles. The normalized spacial score (nSPS) is 10.2. The minimum atomic E-state index is -0.779. The van der Waals surface area contributed by atoms with Crippen molar-refractivity contribution >= 4 is 17.3 Å². The summed E-state index contributed by atoms with van der Waals surface area (Å²) in [6.45, 7) is 1.79. The largest absolute Gasteiger partial charge is 0.507 e. The number of rotatable bonds is 2. The van der Waals surface area contributed by atoms with Crippen molar-refractivity contribution in [2.45, 2.75) is 6.92 Å². The van der Waals surface area contributed by atoms with E-state index in [1.165, 1.54) is 12.1 Å². The lowest BCUT2D eigenvalue weighted by atomic mass is 10.1. The quantitative estimate of drug-likeness (QED) is 0.727. The lowest BCUT2D eigenvalue weighted by Gasteiger charge is -2.10. The molecule has 5 heteroatoms. The summed E-state index contributed by atoms with van der Waals surface area (Å²) in [7, 11) is 0. The molecule has 0 aromatic heterocycles. The number of benzene rings is 2. The molecule has 1 amide bonds. The standard InChI is InChI=1S/C14H13FN2O2/c1-8-5-6-9(16)7-11(8)17-14(19)13-10(15)3-2-4-12(13)18/h2-7,18H,16H2,1H3,(H,17,19). The van der Waals surface area contributed by atoms with Crippen molar-refractivity contribution in [3.63, 3.8) is 0 Å². The highest BCUT2D eigenvalue weighted by Crippen LogP contribution is 2.23. The van der Waals surface area contributed by atoms with Crippen LogP contribution in [0.15, 0.2) is 36.4 Å². The fourth-order valence-corrected chi connectivity index (χ4v) is 1.70. The van der Waals surface area contributed by atoms with Gasteiger partial charge in [-0.05, 0) is 36.8 Å².